The smallest absolute Gasteiger partial charge is 0.227 e. The van der Waals surface area contributed by atoms with Crippen molar-refractivity contribution in [2.45, 2.75) is 13.8 Å². The Hall–Kier alpha value is -0.0161. The van der Waals surface area contributed by atoms with E-state index in [1.54, 1.807) is 6.92 Å². The number of H-pyrrole nitrogens is 1. The first-order valence-electron chi connectivity index (χ1n) is 2.65. The number of aromatic nitrogens is 2. The molecule has 1 heterocycles. The molecule has 0 saturated heterocycles. The molecule has 0 fully saturated rings. The van der Waals surface area contributed by atoms with Crippen LogP contribution in [-0.4, -0.2) is 9.97 Å². The van der Waals surface area contributed by atoms with Gasteiger partial charge in [0.25, 0.3) is 0 Å². The van der Waals surface area contributed by atoms with Gasteiger partial charge in [0.15, 0.2) is 0 Å². The normalized spacial score (nSPS) is 8.60. The summed E-state index contributed by atoms with van der Waals surface area (Å²) in [7, 11) is 0. The van der Waals surface area contributed by atoms with Crippen LogP contribution >= 0.6 is 0 Å². The largest absolute Gasteiger partial charge is 0.421 e. The van der Waals surface area contributed by atoms with Gasteiger partial charge < -0.3 is 14.8 Å². The van der Waals surface area contributed by atoms with Crippen molar-refractivity contribution in [2.75, 3.05) is 0 Å². The van der Waals surface area contributed by atoms with Crippen LogP contribution < -0.4 is 5.69 Å². The number of rotatable bonds is 0. The number of hydrogen-bond donors (Lipinski definition) is 1. The number of hydrogen-bond acceptors (Lipinski definition) is 2. The van der Waals surface area contributed by atoms with Crippen LogP contribution in [0.4, 0.5) is 0 Å². The number of aromatic amines is 1. The molecule has 0 aromatic carbocycles. The molecule has 0 saturated carbocycles. The first-order chi connectivity index (χ1) is 4.20. The maximum atomic E-state index is 10.4. The first kappa shape index (κ1) is 9.98. The Labute approximate surface area is 84.1 Å². The van der Waals surface area contributed by atoms with E-state index in [0.717, 1.165) is 11.3 Å². The molecule has 0 aliphatic carbocycles. The van der Waals surface area contributed by atoms with Crippen LogP contribution in [0.5, 0.6) is 0 Å². The molecular weight excluding hydrogens is 205 g/mol. The van der Waals surface area contributed by atoms with Gasteiger partial charge in [-0.2, -0.15) is 0 Å². The number of nitrogens with zero attached hydrogens (tertiary/aromatic N) is 1. The van der Waals surface area contributed by atoms with Crippen molar-refractivity contribution >= 4 is 0 Å². The van der Waals surface area contributed by atoms with Crippen LogP contribution in [0.25, 0.3) is 0 Å². The predicted molar refractivity (Wildman–Crippen MR) is 33.2 cm³/mol. The van der Waals surface area contributed by atoms with Gasteiger partial charge in [-0.25, -0.2) is 0 Å². The summed E-state index contributed by atoms with van der Waals surface area (Å²) in [4.78, 5) is 16.4. The van der Waals surface area contributed by atoms with Gasteiger partial charge in [0.05, 0.1) is 0 Å². The molecule has 1 radical (unpaired) electrons. The second kappa shape index (κ2) is 3.99. The molecule has 0 aliphatic heterocycles. The van der Waals surface area contributed by atoms with Gasteiger partial charge in [-0.15, -0.1) is 5.56 Å². The van der Waals surface area contributed by atoms with Gasteiger partial charge in [-0.05, 0) is 0 Å². The van der Waals surface area contributed by atoms with Gasteiger partial charge in [0.1, 0.15) is 0 Å². The second-order valence-electron chi connectivity index (χ2n) is 1.88. The van der Waals surface area contributed by atoms with Gasteiger partial charge >= 0.3 is 0 Å². The molecule has 0 aliphatic rings. The third kappa shape index (κ3) is 2.31. The minimum atomic E-state index is -0.335. The minimum Gasteiger partial charge on any atom is -0.421 e. The van der Waals surface area contributed by atoms with Gasteiger partial charge in [-0.3, -0.25) is 0 Å². The molecule has 4 heteroatoms. The van der Waals surface area contributed by atoms with Crippen molar-refractivity contribution in [3.63, 3.8) is 0 Å². The van der Waals surface area contributed by atoms with Crippen molar-refractivity contribution in [2.24, 2.45) is 0 Å². The molecule has 10 heavy (non-hydrogen) atoms. The van der Waals surface area contributed by atoms with Crippen molar-refractivity contribution in [1.29, 1.82) is 0 Å². The summed E-state index contributed by atoms with van der Waals surface area (Å²) in [6, 6.07) is 0. The van der Waals surface area contributed by atoms with Crippen molar-refractivity contribution in [1.82, 2.24) is 9.97 Å². The Kier molecular flexibility index (Phi) is 3.98. The average Bonchev–Trinajstić information content (AvgIpc) is 1.80. The van der Waals surface area contributed by atoms with Crippen molar-refractivity contribution in [3.8, 4) is 0 Å². The molecule has 0 amide bonds. The fraction of sp³-hybridized carbons (Fsp3) is 0.333. The van der Waals surface area contributed by atoms with Gasteiger partial charge in [0, 0.05) is 32.7 Å². The monoisotopic (exact) mass is 212 g/mol. The molecule has 1 rings (SSSR count). The summed E-state index contributed by atoms with van der Waals surface area (Å²) >= 11 is 0. The van der Waals surface area contributed by atoms with Crippen molar-refractivity contribution < 1.29 is 32.7 Å². The molecule has 1 aromatic rings. The minimum absolute atomic E-state index is 0. The summed E-state index contributed by atoms with van der Waals surface area (Å²) in [5, 5.41) is 0. The zero-order valence-corrected chi connectivity index (χ0v) is 8.77. The fourth-order valence-electron chi connectivity index (χ4n) is 0.502. The van der Waals surface area contributed by atoms with Gasteiger partial charge in [0.2, 0.25) is 5.69 Å². The average molecular weight is 212 g/mol. The van der Waals surface area contributed by atoms with Crippen LogP contribution in [0.2, 0.25) is 0 Å². The van der Waals surface area contributed by atoms with E-state index < -0.39 is 0 Å². The molecule has 1 N–H and O–H groups in total. The molecule has 3 nitrogen and oxygen atoms in total. The third-order valence-corrected chi connectivity index (χ3v) is 1.17. The van der Waals surface area contributed by atoms with E-state index in [1.807, 2.05) is 6.92 Å². The van der Waals surface area contributed by atoms with Crippen LogP contribution in [0.3, 0.4) is 0 Å². The summed E-state index contributed by atoms with van der Waals surface area (Å²) in [6.45, 7) is 3.62. The molecule has 0 spiro atoms. The predicted octanol–water partition coefficient (Wildman–Crippen LogP) is 0.184. The van der Waals surface area contributed by atoms with Crippen LogP contribution in [0.1, 0.15) is 11.3 Å². The van der Waals surface area contributed by atoms with Crippen molar-refractivity contribution in [3.05, 3.63) is 27.9 Å². The fourth-order valence-corrected chi connectivity index (χ4v) is 0.502. The van der Waals surface area contributed by atoms with Crippen LogP contribution in [0, 0.1) is 20.0 Å². The maximum absolute atomic E-state index is 10.4. The molecule has 1 aromatic heterocycles. The van der Waals surface area contributed by atoms with E-state index in [4.69, 9.17) is 0 Å². The molecular formula is C6H7N2OY-. The topological polar surface area (TPSA) is 45.8 Å². The van der Waals surface area contributed by atoms with E-state index >= 15 is 0 Å². The zero-order chi connectivity index (χ0) is 6.85. The van der Waals surface area contributed by atoms with E-state index in [9.17, 15) is 4.79 Å². The Morgan fingerprint density at radius 3 is 2.50 bits per heavy atom. The molecule has 0 unspecified atom stereocenters. The maximum Gasteiger partial charge on any atom is 0.227 e. The second-order valence-corrected chi connectivity index (χ2v) is 1.88. The number of aryl methyl sites for hydroxylation is 2. The van der Waals surface area contributed by atoms with Crippen LogP contribution in [0.15, 0.2) is 4.79 Å². The summed E-state index contributed by atoms with van der Waals surface area (Å²) < 4.78 is 0. The number of nitrogens with one attached hydrogen (secondary N) is 1. The van der Waals surface area contributed by atoms with E-state index in [0.29, 0.717) is 0 Å². The Morgan fingerprint density at radius 2 is 2.10 bits per heavy atom. The standard InChI is InChI=1S/C6H7N2O.Y/c1-4-3-7-6(9)8-5(4)2;/h1-2H3,(H,7,8,9);/q-1;. The Bertz CT molecular complexity index is 269. The van der Waals surface area contributed by atoms with E-state index in [-0.39, 0.29) is 38.4 Å². The van der Waals surface area contributed by atoms with E-state index in [2.05, 4.69) is 16.2 Å². The van der Waals surface area contributed by atoms with E-state index in [1.165, 1.54) is 0 Å². The molecule has 51 valence electrons. The molecule has 0 atom stereocenters. The quantitative estimate of drug-likeness (QED) is 0.623. The Balaban J connectivity index is 0.000000810. The third-order valence-electron chi connectivity index (χ3n) is 1.17. The zero-order valence-electron chi connectivity index (χ0n) is 5.93. The van der Waals surface area contributed by atoms with Crippen LogP contribution in [-0.2, 0) is 32.7 Å². The SMILES string of the molecule is Cc1[c-][nH]c(=O)nc1C.[Y]. The summed E-state index contributed by atoms with van der Waals surface area (Å²) in [5.74, 6) is 0. The summed E-state index contributed by atoms with van der Waals surface area (Å²) in [6.07, 6.45) is 2.67. The summed E-state index contributed by atoms with van der Waals surface area (Å²) in [5.41, 5.74) is 1.28. The Morgan fingerprint density at radius 1 is 1.50 bits per heavy atom. The molecule has 0 bridgehead atoms. The van der Waals surface area contributed by atoms with Gasteiger partial charge in [-0.1, -0.05) is 25.7 Å². The first-order valence-corrected chi connectivity index (χ1v) is 2.65.